The fourth-order valence-corrected chi connectivity index (χ4v) is 3.25. The van der Waals surface area contributed by atoms with E-state index in [1.54, 1.807) is 42.5 Å². The van der Waals surface area contributed by atoms with Crippen molar-refractivity contribution in [2.45, 2.75) is 0 Å². The van der Waals surface area contributed by atoms with Gasteiger partial charge in [0.2, 0.25) is 5.91 Å². The summed E-state index contributed by atoms with van der Waals surface area (Å²) in [6, 6.07) is 14.9. The van der Waals surface area contributed by atoms with Crippen LogP contribution in [0.15, 0.2) is 59.7 Å². The first kappa shape index (κ1) is 17.7. The van der Waals surface area contributed by atoms with Gasteiger partial charge in [0, 0.05) is 6.21 Å². The SMILES string of the molecule is O=C1NC(=S)N(c2ccccc2)C(=O)[C@H]1/C=N\N1C(=O)c2ccccc2C1=O. The molecule has 1 saturated heterocycles. The number of amides is 4. The third-order valence-corrected chi connectivity index (χ3v) is 4.60. The molecule has 0 radical (unpaired) electrons. The van der Waals surface area contributed by atoms with Crippen LogP contribution in [0.5, 0.6) is 0 Å². The predicted molar refractivity (Wildman–Crippen MR) is 104 cm³/mol. The number of hydrogen-bond donors (Lipinski definition) is 1. The molecule has 2 aromatic carbocycles. The molecule has 4 amide bonds. The van der Waals surface area contributed by atoms with Crippen LogP contribution in [0.25, 0.3) is 0 Å². The zero-order valence-electron chi connectivity index (χ0n) is 14.2. The Morgan fingerprint density at radius 3 is 2.07 bits per heavy atom. The van der Waals surface area contributed by atoms with Crippen molar-refractivity contribution in [1.82, 2.24) is 10.3 Å². The highest BCUT2D eigenvalue weighted by molar-refractivity contribution is 7.80. The number of anilines is 1. The Morgan fingerprint density at radius 2 is 1.46 bits per heavy atom. The summed E-state index contributed by atoms with van der Waals surface area (Å²) in [7, 11) is 0. The van der Waals surface area contributed by atoms with Crippen LogP contribution < -0.4 is 10.2 Å². The van der Waals surface area contributed by atoms with Gasteiger partial charge in [-0.15, -0.1) is 0 Å². The molecule has 138 valence electrons. The van der Waals surface area contributed by atoms with Crippen LogP contribution in [-0.2, 0) is 9.59 Å². The van der Waals surface area contributed by atoms with Crippen LogP contribution in [0.2, 0.25) is 0 Å². The highest BCUT2D eigenvalue weighted by atomic mass is 32.1. The van der Waals surface area contributed by atoms with Gasteiger partial charge in [-0.3, -0.25) is 24.1 Å². The van der Waals surface area contributed by atoms with Gasteiger partial charge in [0.25, 0.3) is 17.7 Å². The highest BCUT2D eigenvalue weighted by Gasteiger charge is 2.40. The molecule has 8 nitrogen and oxygen atoms in total. The quantitative estimate of drug-likeness (QED) is 0.368. The number of carbonyl (C=O) groups is 4. The number of benzene rings is 2. The minimum atomic E-state index is -1.34. The molecule has 2 aliphatic heterocycles. The molecule has 0 unspecified atom stereocenters. The maximum atomic E-state index is 12.8. The van der Waals surface area contributed by atoms with E-state index in [-0.39, 0.29) is 16.2 Å². The van der Waals surface area contributed by atoms with E-state index >= 15 is 0 Å². The van der Waals surface area contributed by atoms with Crippen molar-refractivity contribution < 1.29 is 19.2 Å². The summed E-state index contributed by atoms with van der Waals surface area (Å²) in [6.45, 7) is 0. The highest BCUT2D eigenvalue weighted by Crippen LogP contribution is 2.23. The molecule has 0 aromatic heterocycles. The molecule has 2 heterocycles. The lowest BCUT2D eigenvalue weighted by atomic mass is 10.1. The maximum absolute atomic E-state index is 12.8. The summed E-state index contributed by atoms with van der Waals surface area (Å²) in [6.07, 6.45) is 0.983. The van der Waals surface area contributed by atoms with Crippen molar-refractivity contribution in [2.24, 2.45) is 11.0 Å². The van der Waals surface area contributed by atoms with Gasteiger partial charge in [-0.05, 0) is 36.5 Å². The first-order valence-electron chi connectivity index (χ1n) is 8.25. The van der Waals surface area contributed by atoms with Gasteiger partial charge < -0.3 is 5.32 Å². The van der Waals surface area contributed by atoms with Crippen molar-refractivity contribution in [3.63, 3.8) is 0 Å². The van der Waals surface area contributed by atoms with Crippen molar-refractivity contribution >= 4 is 52.9 Å². The van der Waals surface area contributed by atoms with Crippen LogP contribution in [0.3, 0.4) is 0 Å². The molecular weight excluding hydrogens is 380 g/mol. The van der Waals surface area contributed by atoms with Crippen molar-refractivity contribution in [3.8, 4) is 0 Å². The van der Waals surface area contributed by atoms with Crippen LogP contribution in [0, 0.1) is 5.92 Å². The number of imide groups is 1. The Kier molecular flexibility index (Phi) is 4.28. The summed E-state index contributed by atoms with van der Waals surface area (Å²) in [5.41, 5.74) is 0.920. The van der Waals surface area contributed by atoms with E-state index in [0.717, 1.165) is 6.21 Å². The molecule has 1 fully saturated rings. The second-order valence-corrected chi connectivity index (χ2v) is 6.40. The van der Waals surface area contributed by atoms with Crippen LogP contribution in [-0.4, -0.2) is 40.0 Å². The van der Waals surface area contributed by atoms with Crippen LogP contribution in [0.4, 0.5) is 5.69 Å². The van der Waals surface area contributed by atoms with Gasteiger partial charge in [-0.25, -0.2) is 0 Å². The molecular formula is C19H12N4O4S. The van der Waals surface area contributed by atoms with E-state index < -0.39 is 29.5 Å². The molecule has 0 spiro atoms. The van der Waals surface area contributed by atoms with Crippen LogP contribution in [0.1, 0.15) is 20.7 Å². The van der Waals surface area contributed by atoms with E-state index in [1.807, 2.05) is 0 Å². The summed E-state index contributed by atoms with van der Waals surface area (Å²) >= 11 is 5.10. The number of thiocarbonyl (C=S) groups is 1. The van der Waals surface area contributed by atoms with Crippen LogP contribution >= 0.6 is 12.2 Å². The zero-order chi connectivity index (χ0) is 19.8. The van der Waals surface area contributed by atoms with Gasteiger partial charge in [-0.2, -0.15) is 10.1 Å². The topological polar surface area (TPSA) is 99.2 Å². The van der Waals surface area contributed by atoms with Crippen molar-refractivity contribution in [1.29, 1.82) is 0 Å². The Morgan fingerprint density at radius 1 is 0.893 bits per heavy atom. The molecule has 1 N–H and O–H groups in total. The standard InChI is InChI=1S/C19H12N4O4S/c24-15-14(16(25)22(19(28)21-15)11-6-2-1-3-7-11)10-20-23-17(26)12-8-4-5-9-13(12)18(23)27/h1-10,14H,(H,21,24,28)/b20-10-/t14-/m0/s1. The number of nitrogens with one attached hydrogen (secondary N) is 1. The van der Waals surface area contributed by atoms with E-state index in [2.05, 4.69) is 10.4 Å². The molecule has 28 heavy (non-hydrogen) atoms. The van der Waals surface area contributed by atoms with Gasteiger partial charge >= 0.3 is 0 Å². The summed E-state index contributed by atoms with van der Waals surface area (Å²) in [5.74, 6) is -3.87. The molecule has 4 rings (SSSR count). The largest absolute Gasteiger partial charge is 0.301 e. The second-order valence-electron chi connectivity index (χ2n) is 6.01. The third-order valence-electron chi connectivity index (χ3n) is 4.32. The van der Waals surface area contributed by atoms with Gasteiger partial charge in [0.1, 0.15) is 0 Å². The number of rotatable bonds is 3. The number of para-hydroxylation sites is 1. The number of carbonyl (C=O) groups excluding carboxylic acids is 4. The lowest BCUT2D eigenvalue weighted by Gasteiger charge is -2.30. The first-order valence-corrected chi connectivity index (χ1v) is 8.65. The van der Waals surface area contributed by atoms with E-state index in [0.29, 0.717) is 10.7 Å². The van der Waals surface area contributed by atoms with Gasteiger partial charge in [0.05, 0.1) is 16.8 Å². The van der Waals surface area contributed by atoms with Crippen molar-refractivity contribution in [3.05, 3.63) is 65.7 Å². The smallest absolute Gasteiger partial charge is 0.282 e. The lowest BCUT2D eigenvalue weighted by molar-refractivity contribution is -0.130. The molecule has 2 aliphatic rings. The van der Waals surface area contributed by atoms with E-state index in [4.69, 9.17) is 12.2 Å². The number of hydrazone groups is 1. The van der Waals surface area contributed by atoms with E-state index in [9.17, 15) is 19.2 Å². The average Bonchev–Trinajstić information content (AvgIpc) is 2.93. The molecule has 2 aromatic rings. The predicted octanol–water partition coefficient (Wildman–Crippen LogP) is 1.33. The molecule has 0 bridgehead atoms. The summed E-state index contributed by atoms with van der Waals surface area (Å²) in [4.78, 5) is 51.0. The number of hydrogen-bond acceptors (Lipinski definition) is 6. The van der Waals surface area contributed by atoms with Gasteiger partial charge in [-0.1, -0.05) is 30.3 Å². The Balaban J connectivity index is 1.61. The fourth-order valence-electron chi connectivity index (χ4n) is 2.96. The molecule has 1 atom stereocenters. The number of fused-ring (bicyclic) bond motifs is 1. The summed E-state index contributed by atoms with van der Waals surface area (Å²) in [5, 5.41) is 6.87. The Bertz CT molecular complexity index is 1030. The lowest BCUT2D eigenvalue weighted by Crippen LogP contribution is -2.58. The first-order chi connectivity index (χ1) is 13.5. The molecule has 0 saturated carbocycles. The fraction of sp³-hybridized carbons (Fsp3) is 0.0526. The Hall–Kier alpha value is -3.72. The minimum Gasteiger partial charge on any atom is -0.301 e. The summed E-state index contributed by atoms with van der Waals surface area (Å²) < 4.78 is 0. The average molecular weight is 392 g/mol. The number of nitrogens with zero attached hydrogens (tertiary/aromatic N) is 3. The second kappa shape index (κ2) is 6.78. The zero-order valence-corrected chi connectivity index (χ0v) is 15.1. The molecule has 0 aliphatic carbocycles. The normalized spacial score (nSPS) is 19.4. The third kappa shape index (κ3) is 2.78. The minimum absolute atomic E-state index is 0.0495. The van der Waals surface area contributed by atoms with Gasteiger partial charge in [0.15, 0.2) is 11.0 Å². The maximum Gasteiger partial charge on any atom is 0.282 e. The van der Waals surface area contributed by atoms with Crippen molar-refractivity contribution in [2.75, 3.05) is 4.90 Å². The monoisotopic (exact) mass is 392 g/mol. The van der Waals surface area contributed by atoms with E-state index in [1.165, 1.54) is 17.0 Å². The molecule has 9 heteroatoms. The Labute approximate surface area is 164 Å².